The normalized spacial score (nSPS) is 14.9. The van der Waals surface area contributed by atoms with Gasteiger partial charge in [0, 0.05) is 30.4 Å². The van der Waals surface area contributed by atoms with E-state index in [1.54, 1.807) is 0 Å². The molecule has 1 amide bonds. The van der Waals surface area contributed by atoms with Crippen molar-refractivity contribution in [2.45, 2.75) is 65.0 Å². The quantitative estimate of drug-likeness (QED) is 0.541. The summed E-state index contributed by atoms with van der Waals surface area (Å²) in [5, 5.41) is 11.1. The van der Waals surface area contributed by atoms with Crippen LogP contribution in [0.1, 0.15) is 65.8 Å². The summed E-state index contributed by atoms with van der Waals surface area (Å²) in [7, 11) is 0. The van der Waals surface area contributed by atoms with Gasteiger partial charge in [-0.15, -0.1) is 12.4 Å². The van der Waals surface area contributed by atoms with E-state index in [0.29, 0.717) is 24.7 Å². The van der Waals surface area contributed by atoms with E-state index in [2.05, 4.69) is 28.7 Å². The zero-order valence-corrected chi connectivity index (χ0v) is 17.9. The number of aromatic nitrogens is 2. The SMILES string of the molecule is Cc1cc(C)n(Cc2cccc(C(=O)NCCNC3CCCCCC3)c2)n1.Cl. The molecule has 2 aromatic rings. The summed E-state index contributed by atoms with van der Waals surface area (Å²) in [5.74, 6) is -0.00659. The molecule has 6 heteroatoms. The molecular formula is C22H33ClN4O. The van der Waals surface area contributed by atoms with E-state index < -0.39 is 0 Å². The van der Waals surface area contributed by atoms with Crippen LogP contribution in [0.5, 0.6) is 0 Å². The van der Waals surface area contributed by atoms with Gasteiger partial charge in [-0.1, -0.05) is 37.8 Å². The third kappa shape index (κ3) is 6.64. The first-order valence-electron chi connectivity index (χ1n) is 10.2. The summed E-state index contributed by atoms with van der Waals surface area (Å²) in [5.41, 5.74) is 3.95. The first kappa shape index (κ1) is 22.4. The molecule has 0 aliphatic heterocycles. The van der Waals surface area contributed by atoms with E-state index in [9.17, 15) is 4.79 Å². The average molecular weight is 405 g/mol. The monoisotopic (exact) mass is 404 g/mol. The molecule has 0 saturated heterocycles. The predicted octanol–water partition coefficient (Wildman–Crippen LogP) is 4.01. The molecule has 0 spiro atoms. The van der Waals surface area contributed by atoms with Gasteiger partial charge in [-0.05, 0) is 50.5 Å². The fraction of sp³-hybridized carbons (Fsp3) is 0.545. The lowest BCUT2D eigenvalue weighted by atomic mass is 10.1. The second kappa shape index (κ2) is 11.2. The first-order chi connectivity index (χ1) is 13.1. The first-order valence-corrected chi connectivity index (χ1v) is 10.2. The van der Waals surface area contributed by atoms with E-state index >= 15 is 0 Å². The maximum absolute atomic E-state index is 12.5. The molecule has 0 unspecified atom stereocenters. The van der Waals surface area contributed by atoms with E-state index in [0.717, 1.165) is 23.5 Å². The fourth-order valence-electron chi connectivity index (χ4n) is 3.86. The number of aryl methyl sites for hydroxylation is 2. The highest BCUT2D eigenvalue weighted by Crippen LogP contribution is 2.16. The van der Waals surface area contributed by atoms with Gasteiger partial charge in [0.25, 0.3) is 5.91 Å². The Morgan fingerprint density at radius 1 is 1.11 bits per heavy atom. The van der Waals surface area contributed by atoms with Crippen molar-refractivity contribution >= 4 is 18.3 Å². The van der Waals surface area contributed by atoms with Gasteiger partial charge in [-0.3, -0.25) is 9.48 Å². The van der Waals surface area contributed by atoms with Crippen LogP contribution in [-0.2, 0) is 6.54 Å². The molecule has 2 N–H and O–H groups in total. The van der Waals surface area contributed by atoms with E-state index in [-0.39, 0.29) is 18.3 Å². The second-order valence-electron chi connectivity index (χ2n) is 7.68. The lowest BCUT2D eigenvalue weighted by molar-refractivity contribution is 0.0953. The van der Waals surface area contributed by atoms with Crippen molar-refractivity contribution in [3.05, 3.63) is 52.8 Å². The molecule has 1 aromatic heterocycles. The highest BCUT2D eigenvalue weighted by Gasteiger charge is 2.12. The van der Waals surface area contributed by atoms with Gasteiger partial charge >= 0.3 is 0 Å². The Kier molecular flexibility index (Phi) is 9.00. The second-order valence-corrected chi connectivity index (χ2v) is 7.68. The molecule has 28 heavy (non-hydrogen) atoms. The Morgan fingerprint density at radius 2 is 1.86 bits per heavy atom. The molecule has 1 aliphatic carbocycles. The van der Waals surface area contributed by atoms with Crippen molar-refractivity contribution in [3.8, 4) is 0 Å². The number of benzene rings is 1. The van der Waals surface area contributed by atoms with Crippen molar-refractivity contribution in [2.24, 2.45) is 0 Å². The zero-order chi connectivity index (χ0) is 19.1. The van der Waals surface area contributed by atoms with Gasteiger partial charge in [0.2, 0.25) is 0 Å². The Hall–Kier alpha value is -1.85. The number of hydrogen-bond acceptors (Lipinski definition) is 3. The Morgan fingerprint density at radius 3 is 2.54 bits per heavy atom. The van der Waals surface area contributed by atoms with Gasteiger partial charge in [-0.25, -0.2) is 0 Å². The van der Waals surface area contributed by atoms with Gasteiger partial charge in [-0.2, -0.15) is 5.10 Å². The smallest absolute Gasteiger partial charge is 0.251 e. The minimum atomic E-state index is -0.00659. The number of carbonyl (C=O) groups is 1. The number of nitrogens with one attached hydrogen (secondary N) is 2. The van der Waals surface area contributed by atoms with Crippen LogP contribution in [0.15, 0.2) is 30.3 Å². The van der Waals surface area contributed by atoms with Crippen LogP contribution in [0.3, 0.4) is 0 Å². The molecule has 0 bridgehead atoms. The van der Waals surface area contributed by atoms with Crippen LogP contribution in [0.4, 0.5) is 0 Å². The van der Waals surface area contributed by atoms with Gasteiger partial charge in [0.05, 0.1) is 12.2 Å². The topological polar surface area (TPSA) is 59.0 Å². The van der Waals surface area contributed by atoms with Gasteiger partial charge < -0.3 is 10.6 Å². The zero-order valence-electron chi connectivity index (χ0n) is 17.0. The van der Waals surface area contributed by atoms with E-state index in [1.165, 1.54) is 38.5 Å². The molecule has 5 nitrogen and oxygen atoms in total. The molecule has 1 heterocycles. The molecule has 1 fully saturated rings. The van der Waals surface area contributed by atoms with Crippen molar-refractivity contribution in [2.75, 3.05) is 13.1 Å². The van der Waals surface area contributed by atoms with Crippen LogP contribution in [0.25, 0.3) is 0 Å². The van der Waals surface area contributed by atoms with Crippen LogP contribution >= 0.6 is 12.4 Å². The lowest BCUT2D eigenvalue weighted by Crippen LogP contribution is -2.36. The third-order valence-electron chi connectivity index (χ3n) is 5.32. The van der Waals surface area contributed by atoms with Crippen LogP contribution in [0.2, 0.25) is 0 Å². The maximum Gasteiger partial charge on any atom is 0.251 e. The Balaban J connectivity index is 0.00000280. The molecule has 3 rings (SSSR count). The van der Waals surface area contributed by atoms with Gasteiger partial charge in [0.1, 0.15) is 0 Å². The standard InChI is InChI=1S/C22H32N4O.ClH/c1-17-14-18(2)26(25-17)16-19-8-7-9-20(15-19)22(27)24-13-12-23-21-10-5-3-4-6-11-21;/h7-9,14-15,21,23H,3-6,10-13,16H2,1-2H3,(H,24,27);1H. The van der Waals surface area contributed by atoms with Crippen molar-refractivity contribution in [3.63, 3.8) is 0 Å². The maximum atomic E-state index is 12.5. The summed E-state index contributed by atoms with van der Waals surface area (Å²) < 4.78 is 1.98. The molecule has 1 aromatic carbocycles. The van der Waals surface area contributed by atoms with Gasteiger partial charge in [0.15, 0.2) is 0 Å². The number of halogens is 1. The predicted molar refractivity (Wildman–Crippen MR) is 116 cm³/mol. The summed E-state index contributed by atoms with van der Waals surface area (Å²) in [6.45, 7) is 6.23. The van der Waals surface area contributed by atoms with Crippen molar-refractivity contribution in [1.82, 2.24) is 20.4 Å². The minimum Gasteiger partial charge on any atom is -0.351 e. The number of carbonyl (C=O) groups excluding carboxylic acids is 1. The Labute approximate surface area is 174 Å². The Bertz CT molecular complexity index is 751. The number of amides is 1. The van der Waals surface area contributed by atoms with E-state index in [4.69, 9.17) is 0 Å². The highest BCUT2D eigenvalue weighted by atomic mass is 35.5. The van der Waals surface area contributed by atoms with Crippen molar-refractivity contribution < 1.29 is 4.79 Å². The largest absolute Gasteiger partial charge is 0.351 e. The van der Waals surface area contributed by atoms with Crippen LogP contribution < -0.4 is 10.6 Å². The number of rotatable bonds is 7. The summed E-state index contributed by atoms with van der Waals surface area (Å²) in [6, 6.07) is 10.5. The lowest BCUT2D eigenvalue weighted by Gasteiger charge is -2.16. The fourth-order valence-corrected chi connectivity index (χ4v) is 3.86. The number of hydrogen-bond donors (Lipinski definition) is 2. The summed E-state index contributed by atoms with van der Waals surface area (Å²) >= 11 is 0. The van der Waals surface area contributed by atoms with E-state index in [1.807, 2.05) is 35.9 Å². The average Bonchev–Trinajstić information content (AvgIpc) is 2.85. The number of nitrogens with zero attached hydrogens (tertiary/aromatic N) is 2. The van der Waals surface area contributed by atoms with Crippen LogP contribution in [0, 0.1) is 13.8 Å². The third-order valence-corrected chi connectivity index (χ3v) is 5.32. The summed E-state index contributed by atoms with van der Waals surface area (Å²) in [6.07, 6.45) is 7.91. The molecule has 154 valence electrons. The van der Waals surface area contributed by atoms with Crippen molar-refractivity contribution in [1.29, 1.82) is 0 Å². The molecule has 1 saturated carbocycles. The molecular weight excluding hydrogens is 372 g/mol. The molecule has 0 radical (unpaired) electrons. The van der Waals surface area contributed by atoms with Crippen LogP contribution in [-0.4, -0.2) is 34.8 Å². The summed E-state index contributed by atoms with van der Waals surface area (Å²) in [4.78, 5) is 12.5. The highest BCUT2D eigenvalue weighted by molar-refractivity contribution is 5.94. The molecule has 0 atom stereocenters. The molecule has 1 aliphatic rings. The minimum absolute atomic E-state index is 0.